The van der Waals surface area contributed by atoms with Gasteiger partial charge in [0.05, 0.1) is 10.2 Å². The van der Waals surface area contributed by atoms with Gasteiger partial charge in [0.25, 0.3) is 0 Å². The van der Waals surface area contributed by atoms with Gasteiger partial charge in [0.15, 0.2) is 0 Å². The van der Waals surface area contributed by atoms with Crippen molar-refractivity contribution in [1.82, 2.24) is 4.98 Å². The van der Waals surface area contributed by atoms with Crippen molar-refractivity contribution in [3.8, 4) is 0 Å². The zero-order valence-corrected chi connectivity index (χ0v) is 10.8. The highest BCUT2D eigenvalue weighted by molar-refractivity contribution is 9.10. The van der Waals surface area contributed by atoms with E-state index in [0.29, 0.717) is 13.0 Å². The van der Waals surface area contributed by atoms with Gasteiger partial charge < -0.3 is 5.32 Å². The van der Waals surface area contributed by atoms with Gasteiger partial charge in [-0.2, -0.15) is 0 Å². The molecule has 0 aliphatic heterocycles. The van der Waals surface area contributed by atoms with Gasteiger partial charge in [0.2, 0.25) is 0 Å². The Bertz CT molecular complexity index is 420. The highest BCUT2D eigenvalue weighted by atomic mass is 79.9. The molecule has 0 bridgehead atoms. The Morgan fingerprint density at radius 2 is 2.27 bits per heavy atom. The normalized spacial score (nSPS) is 11.3. The molecular formula is C9H13BrN2O2S. The predicted molar refractivity (Wildman–Crippen MR) is 64.8 cm³/mol. The number of aromatic nitrogens is 1. The predicted octanol–water partition coefficient (Wildman–Crippen LogP) is 1.69. The van der Waals surface area contributed by atoms with Gasteiger partial charge in [-0.25, -0.2) is 13.4 Å². The highest BCUT2D eigenvalue weighted by Gasteiger charge is 2.02. The monoisotopic (exact) mass is 292 g/mol. The maximum atomic E-state index is 10.9. The van der Waals surface area contributed by atoms with Crippen molar-refractivity contribution >= 4 is 31.6 Å². The van der Waals surface area contributed by atoms with Crippen LogP contribution in [0.25, 0.3) is 0 Å². The summed E-state index contributed by atoms with van der Waals surface area (Å²) >= 11 is 3.34. The first-order chi connectivity index (χ1) is 6.99. The Kier molecular flexibility index (Phi) is 4.53. The third-order valence-corrected chi connectivity index (χ3v) is 3.41. The van der Waals surface area contributed by atoms with Crippen molar-refractivity contribution in [1.29, 1.82) is 0 Å². The molecule has 1 heterocycles. The number of hydrogen-bond acceptors (Lipinski definition) is 4. The zero-order chi connectivity index (χ0) is 11.3. The van der Waals surface area contributed by atoms with Crippen LogP contribution in [0.1, 0.15) is 6.42 Å². The number of nitrogens with one attached hydrogen (secondary N) is 1. The molecule has 15 heavy (non-hydrogen) atoms. The Balaban J connectivity index is 2.36. The molecule has 1 aromatic heterocycles. The van der Waals surface area contributed by atoms with Gasteiger partial charge in [0.1, 0.15) is 15.7 Å². The zero-order valence-electron chi connectivity index (χ0n) is 8.40. The lowest BCUT2D eigenvalue weighted by Crippen LogP contribution is -2.10. The quantitative estimate of drug-likeness (QED) is 0.839. The molecule has 84 valence electrons. The van der Waals surface area contributed by atoms with Crippen LogP contribution in [-0.2, 0) is 9.84 Å². The number of sulfone groups is 1. The van der Waals surface area contributed by atoms with E-state index in [9.17, 15) is 8.42 Å². The van der Waals surface area contributed by atoms with Crippen LogP contribution in [0, 0.1) is 0 Å². The van der Waals surface area contributed by atoms with Crippen molar-refractivity contribution < 1.29 is 8.42 Å². The topological polar surface area (TPSA) is 59.1 Å². The summed E-state index contributed by atoms with van der Waals surface area (Å²) in [6, 6.07) is 3.71. The molecule has 1 aromatic rings. The molecule has 4 nitrogen and oxygen atoms in total. The number of pyridine rings is 1. The highest BCUT2D eigenvalue weighted by Crippen LogP contribution is 2.17. The first-order valence-electron chi connectivity index (χ1n) is 4.51. The van der Waals surface area contributed by atoms with Gasteiger partial charge in [-0.05, 0) is 34.5 Å². The molecule has 6 heteroatoms. The minimum absolute atomic E-state index is 0.199. The smallest absolute Gasteiger partial charge is 0.147 e. The second kappa shape index (κ2) is 5.46. The molecule has 0 aliphatic carbocycles. The fourth-order valence-corrected chi connectivity index (χ4v) is 2.12. The van der Waals surface area contributed by atoms with E-state index >= 15 is 0 Å². The summed E-state index contributed by atoms with van der Waals surface area (Å²) < 4.78 is 22.6. The molecule has 1 N–H and O–H groups in total. The summed E-state index contributed by atoms with van der Waals surface area (Å²) in [5.41, 5.74) is 0. The molecule has 0 aromatic carbocycles. The van der Waals surface area contributed by atoms with E-state index in [1.165, 1.54) is 6.26 Å². The van der Waals surface area contributed by atoms with Crippen molar-refractivity contribution in [3.05, 3.63) is 22.8 Å². The first kappa shape index (κ1) is 12.4. The molecule has 0 radical (unpaired) electrons. The van der Waals surface area contributed by atoms with E-state index in [1.807, 2.05) is 12.1 Å². The minimum atomic E-state index is -2.86. The molecule has 0 aliphatic rings. The number of rotatable bonds is 5. The lowest BCUT2D eigenvalue weighted by atomic mass is 10.4. The van der Waals surface area contributed by atoms with E-state index in [2.05, 4.69) is 26.2 Å². The van der Waals surface area contributed by atoms with Gasteiger partial charge >= 0.3 is 0 Å². The van der Waals surface area contributed by atoms with E-state index in [-0.39, 0.29) is 5.75 Å². The first-order valence-corrected chi connectivity index (χ1v) is 7.36. The summed E-state index contributed by atoms with van der Waals surface area (Å²) in [6.45, 7) is 0.600. The lowest BCUT2D eigenvalue weighted by Gasteiger charge is -2.06. The second-order valence-electron chi connectivity index (χ2n) is 3.24. The Hall–Kier alpha value is -0.620. The maximum Gasteiger partial charge on any atom is 0.147 e. The SMILES string of the molecule is CS(=O)(=O)CCCNc1ncccc1Br. The number of hydrogen-bond donors (Lipinski definition) is 1. The van der Waals surface area contributed by atoms with Crippen LogP contribution in [0.2, 0.25) is 0 Å². The molecule has 0 saturated carbocycles. The van der Waals surface area contributed by atoms with E-state index in [0.717, 1.165) is 10.3 Å². The van der Waals surface area contributed by atoms with Gasteiger partial charge in [-0.1, -0.05) is 0 Å². The molecule has 0 fully saturated rings. The Morgan fingerprint density at radius 3 is 2.87 bits per heavy atom. The molecule has 0 atom stereocenters. The molecule has 1 rings (SSSR count). The minimum Gasteiger partial charge on any atom is -0.369 e. The van der Waals surface area contributed by atoms with Crippen molar-refractivity contribution in [2.24, 2.45) is 0 Å². The second-order valence-corrected chi connectivity index (χ2v) is 6.36. The van der Waals surface area contributed by atoms with Gasteiger partial charge in [-0.3, -0.25) is 0 Å². The molecule has 0 amide bonds. The third-order valence-electron chi connectivity index (χ3n) is 1.74. The van der Waals surface area contributed by atoms with Crippen LogP contribution in [0.4, 0.5) is 5.82 Å². The van der Waals surface area contributed by atoms with E-state index in [4.69, 9.17) is 0 Å². The number of halogens is 1. The number of nitrogens with zero attached hydrogens (tertiary/aromatic N) is 1. The maximum absolute atomic E-state index is 10.9. The summed E-state index contributed by atoms with van der Waals surface area (Å²) in [7, 11) is -2.86. The third kappa shape index (κ3) is 5.13. The number of anilines is 1. The van der Waals surface area contributed by atoms with Crippen LogP contribution in [-0.4, -0.2) is 32.0 Å². The fourth-order valence-electron chi connectivity index (χ4n) is 1.06. The van der Waals surface area contributed by atoms with E-state index < -0.39 is 9.84 Å². The molecule has 0 spiro atoms. The molecular weight excluding hydrogens is 280 g/mol. The summed E-state index contributed by atoms with van der Waals surface area (Å²) in [6.07, 6.45) is 3.51. The van der Waals surface area contributed by atoms with Crippen LogP contribution in [0.15, 0.2) is 22.8 Å². The van der Waals surface area contributed by atoms with E-state index in [1.54, 1.807) is 6.20 Å². The van der Waals surface area contributed by atoms with Crippen molar-refractivity contribution in [2.75, 3.05) is 23.9 Å². The molecule has 0 unspecified atom stereocenters. The Labute approximate surface area is 98.2 Å². The van der Waals surface area contributed by atoms with Gasteiger partial charge in [-0.15, -0.1) is 0 Å². The Morgan fingerprint density at radius 1 is 1.53 bits per heavy atom. The van der Waals surface area contributed by atoms with Gasteiger partial charge in [0, 0.05) is 19.0 Å². The summed E-state index contributed by atoms with van der Waals surface area (Å²) in [5, 5.41) is 3.06. The van der Waals surface area contributed by atoms with Crippen LogP contribution in [0.5, 0.6) is 0 Å². The van der Waals surface area contributed by atoms with Crippen LogP contribution in [0.3, 0.4) is 0 Å². The van der Waals surface area contributed by atoms with Crippen LogP contribution < -0.4 is 5.32 Å². The lowest BCUT2D eigenvalue weighted by molar-refractivity contribution is 0.600. The average Bonchev–Trinajstić information content (AvgIpc) is 2.13. The van der Waals surface area contributed by atoms with Crippen molar-refractivity contribution in [2.45, 2.75) is 6.42 Å². The summed E-state index contributed by atoms with van der Waals surface area (Å²) in [5.74, 6) is 0.941. The summed E-state index contributed by atoms with van der Waals surface area (Å²) in [4.78, 5) is 4.10. The molecule has 0 saturated heterocycles. The average molecular weight is 293 g/mol. The standard InChI is InChI=1S/C9H13BrN2O2S/c1-15(13,14)7-3-6-12-9-8(10)4-2-5-11-9/h2,4-5H,3,6-7H2,1H3,(H,11,12). The van der Waals surface area contributed by atoms with Crippen LogP contribution >= 0.6 is 15.9 Å². The largest absolute Gasteiger partial charge is 0.369 e. The van der Waals surface area contributed by atoms with Crippen molar-refractivity contribution in [3.63, 3.8) is 0 Å². The fraction of sp³-hybridized carbons (Fsp3) is 0.444.